The molecule has 11 heteroatoms. The Morgan fingerprint density at radius 3 is 2.59 bits per heavy atom. The van der Waals surface area contributed by atoms with Crippen molar-refractivity contribution in [2.75, 3.05) is 42.7 Å². The summed E-state index contributed by atoms with van der Waals surface area (Å²) in [6.07, 6.45) is 2.26. The van der Waals surface area contributed by atoms with E-state index in [1.165, 1.54) is 4.57 Å². The van der Waals surface area contributed by atoms with Crippen LogP contribution in [0, 0.1) is 6.92 Å². The first-order valence-corrected chi connectivity index (χ1v) is 13.6. The fraction of sp³-hybridized carbons (Fsp3) is 0.333. The number of nitrogen functional groups attached to an aromatic ring is 1. The smallest absolute Gasteiger partial charge is 0.419 e. The predicted molar refractivity (Wildman–Crippen MR) is 156 cm³/mol. The Labute approximate surface area is 236 Å². The molecule has 2 amide bonds. The number of nitrogens with two attached hydrogens (primary N) is 1. The normalized spacial score (nSPS) is 15.9. The van der Waals surface area contributed by atoms with Crippen molar-refractivity contribution < 1.29 is 18.7 Å². The Morgan fingerprint density at radius 2 is 1.83 bits per heavy atom. The van der Waals surface area contributed by atoms with Gasteiger partial charge in [0.15, 0.2) is 11.4 Å². The van der Waals surface area contributed by atoms with E-state index >= 15 is 0 Å². The number of ketones is 1. The van der Waals surface area contributed by atoms with Gasteiger partial charge < -0.3 is 30.0 Å². The fourth-order valence-corrected chi connectivity index (χ4v) is 5.95. The van der Waals surface area contributed by atoms with Crippen molar-refractivity contribution >= 4 is 40.2 Å². The molecular weight excluding hydrogens is 524 g/mol. The van der Waals surface area contributed by atoms with E-state index < -0.39 is 5.76 Å². The first-order valence-electron chi connectivity index (χ1n) is 13.6. The highest BCUT2D eigenvalue weighted by molar-refractivity contribution is 6.11. The number of nitrogens with zero attached hydrogens (tertiary/aromatic N) is 4. The van der Waals surface area contributed by atoms with Gasteiger partial charge in [0, 0.05) is 49.5 Å². The van der Waals surface area contributed by atoms with E-state index in [2.05, 4.69) is 15.2 Å². The minimum atomic E-state index is -0.478. The number of carbonyl (C=O) groups excluding carboxylic acids is 2. The molecule has 1 saturated heterocycles. The maximum atomic E-state index is 13.5. The van der Waals surface area contributed by atoms with Gasteiger partial charge in [0.25, 0.3) is 0 Å². The second kappa shape index (κ2) is 10.3. The largest absolute Gasteiger partial charge is 0.497 e. The van der Waals surface area contributed by atoms with Crippen molar-refractivity contribution in [1.82, 2.24) is 14.5 Å². The quantitative estimate of drug-likeness (QED) is 0.355. The highest BCUT2D eigenvalue weighted by atomic mass is 16.5. The Kier molecular flexibility index (Phi) is 6.64. The van der Waals surface area contributed by atoms with E-state index in [9.17, 15) is 14.4 Å². The fourth-order valence-electron chi connectivity index (χ4n) is 5.95. The lowest BCUT2D eigenvalue weighted by atomic mass is 10.00. The minimum absolute atomic E-state index is 0.0832. The Morgan fingerprint density at radius 1 is 1.07 bits per heavy atom. The summed E-state index contributed by atoms with van der Waals surface area (Å²) in [6.45, 7) is 3.79. The molecule has 2 aliphatic rings. The zero-order valence-corrected chi connectivity index (χ0v) is 23.3. The molecule has 212 valence electrons. The number of hydrogen-bond donors (Lipinski definition) is 2. The summed E-state index contributed by atoms with van der Waals surface area (Å²) in [5.74, 6) is 0.931. The van der Waals surface area contributed by atoms with E-state index in [1.807, 2.05) is 30.0 Å². The Bertz CT molecular complexity index is 1730. The summed E-state index contributed by atoms with van der Waals surface area (Å²) >= 11 is 0. The average Bonchev–Trinajstić information content (AvgIpc) is 3.15. The lowest BCUT2D eigenvalue weighted by Gasteiger charge is -2.38. The van der Waals surface area contributed by atoms with Crippen molar-refractivity contribution in [2.45, 2.75) is 32.2 Å². The summed E-state index contributed by atoms with van der Waals surface area (Å²) in [5.41, 5.74) is 10.6. The number of rotatable bonds is 5. The summed E-state index contributed by atoms with van der Waals surface area (Å²) in [6, 6.07) is 12.4. The molecule has 2 aromatic carbocycles. The van der Waals surface area contributed by atoms with Crippen LogP contribution in [0.25, 0.3) is 11.1 Å². The van der Waals surface area contributed by atoms with Crippen LogP contribution < -0.4 is 26.4 Å². The summed E-state index contributed by atoms with van der Waals surface area (Å²) in [7, 11) is 3.27. The third-order valence-corrected chi connectivity index (χ3v) is 8.09. The molecule has 0 radical (unpaired) electrons. The molecular formula is C30H32N6O5. The number of oxazole rings is 1. The second-order valence-electron chi connectivity index (χ2n) is 10.6. The zero-order chi connectivity index (χ0) is 28.8. The van der Waals surface area contributed by atoms with Crippen molar-refractivity contribution in [3.63, 3.8) is 0 Å². The molecule has 0 aliphatic carbocycles. The second-order valence-corrected chi connectivity index (χ2v) is 10.6. The van der Waals surface area contributed by atoms with Gasteiger partial charge in [-0.1, -0.05) is 0 Å². The molecule has 4 aromatic rings. The number of methoxy groups -OCH3 is 1. The standard InChI is InChI=1S/C30H32N6O5/c1-17-12-19(14-24-27(17)34(2)30(39)41-24)28(37)20-15-25(31)33-26(16-20)35-9-7-21(8-10-35)36-11-6-18-13-22(40-3)4-5-23(18)32-29(36)38/h4-5,12-16,21H,6-11H2,1-3H3,(H2,31,33)(H,32,38). The number of anilines is 3. The monoisotopic (exact) mass is 556 g/mol. The third kappa shape index (κ3) is 4.88. The molecule has 6 rings (SSSR count). The summed E-state index contributed by atoms with van der Waals surface area (Å²) in [4.78, 5) is 47.1. The highest BCUT2D eigenvalue weighted by Gasteiger charge is 2.31. The van der Waals surface area contributed by atoms with Crippen molar-refractivity contribution in [2.24, 2.45) is 7.05 Å². The van der Waals surface area contributed by atoms with Crippen LogP contribution in [-0.2, 0) is 13.5 Å². The van der Waals surface area contributed by atoms with E-state index in [4.69, 9.17) is 14.9 Å². The molecule has 3 N–H and O–H groups in total. The van der Waals surface area contributed by atoms with Gasteiger partial charge >= 0.3 is 11.8 Å². The SMILES string of the molecule is COc1ccc2c(c1)CCN(C1CCN(c3cc(C(=O)c4cc(C)c5c(c4)oc(=O)n5C)cc(N)n3)CC1)C(=O)N2. The van der Waals surface area contributed by atoms with Gasteiger partial charge in [-0.2, -0.15) is 0 Å². The first-order chi connectivity index (χ1) is 19.7. The summed E-state index contributed by atoms with van der Waals surface area (Å²) < 4.78 is 12.1. The number of urea groups is 1. The van der Waals surface area contributed by atoms with Crippen molar-refractivity contribution in [3.8, 4) is 5.75 Å². The number of ether oxygens (including phenoxy) is 1. The van der Waals surface area contributed by atoms with Crippen LogP contribution in [0.3, 0.4) is 0 Å². The van der Waals surface area contributed by atoms with E-state index in [0.29, 0.717) is 47.7 Å². The highest BCUT2D eigenvalue weighted by Crippen LogP contribution is 2.29. The number of piperidine rings is 1. The number of nitrogens with one attached hydrogen (secondary N) is 1. The van der Waals surface area contributed by atoms with Crippen LogP contribution in [0.2, 0.25) is 0 Å². The maximum Gasteiger partial charge on any atom is 0.419 e. The number of pyridine rings is 1. The Hall–Kier alpha value is -4.80. The summed E-state index contributed by atoms with van der Waals surface area (Å²) in [5, 5.41) is 3.05. The van der Waals surface area contributed by atoms with Crippen molar-refractivity contribution in [1.29, 1.82) is 0 Å². The lowest BCUT2D eigenvalue weighted by Crippen LogP contribution is -2.49. The van der Waals surface area contributed by atoms with Crippen LogP contribution in [-0.4, -0.2) is 59.1 Å². The van der Waals surface area contributed by atoms with Crippen LogP contribution >= 0.6 is 0 Å². The molecule has 4 heterocycles. The Balaban J connectivity index is 1.17. The molecule has 0 saturated carbocycles. The number of hydrogen-bond acceptors (Lipinski definition) is 8. The average molecular weight is 557 g/mol. The predicted octanol–water partition coefficient (Wildman–Crippen LogP) is 3.72. The van der Waals surface area contributed by atoms with E-state index in [1.54, 1.807) is 38.4 Å². The van der Waals surface area contributed by atoms with Crippen LogP contribution in [0.15, 0.2) is 51.7 Å². The molecule has 0 bridgehead atoms. The van der Waals surface area contributed by atoms with E-state index in [0.717, 1.165) is 41.8 Å². The molecule has 0 unspecified atom stereocenters. The molecule has 11 nitrogen and oxygen atoms in total. The van der Waals surface area contributed by atoms with Gasteiger partial charge in [0.05, 0.1) is 12.6 Å². The third-order valence-electron chi connectivity index (χ3n) is 8.09. The van der Waals surface area contributed by atoms with Gasteiger partial charge in [-0.3, -0.25) is 9.36 Å². The number of fused-ring (bicyclic) bond motifs is 2. The number of amides is 2. The number of carbonyl (C=O) groups is 2. The molecule has 41 heavy (non-hydrogen) atoms. The lowest BCUT2D eigenvalue weighted by molar-refractivity contribution is 0.103. The number of aryl methyl sites for hydroxylation is 2. The van der Waals surface area contributed by atoms with Crippen LogP contribution in [0.5, 0.6) is 5.75 Å². The van der Waals surface area contributed by atoms with Gasteiger partial charge in [0.1, 0.15) is 17.4 Å². The topological polar surface area (TPSA) is 136 Å². The van der Waals surface area contributed by atoms with Crippen molar-refractivity contribution in [3.05, 3.63) is 75.3 Å². The molecule has 1 fully saturated rings. The molecule has 2 aliphatic heterocycles. The number of aromatic nitrogens is 2. The van der Waals surface area contributed by atoms with Gasteiger partial charge in [-0.15, -0.1) is 0 Å². The minimum Gasteiger partial charge on any atom is -0.497 e. The molecule has 0 spiro atoms. The molecule has 2 aromatic heterocycles. The van der Waals surface area contributed by atoms with Crippen LogP contribution in [0.4, 0.5) is 22.1 Å². The first kappa shape index (κ1) is 26.4. The number of benzene rings is 2. The van der Waals surface area contributed by atoms with Gasteiger partial charge in [0.2, 0.25) is 0 Å². The zero-order valence-electron chi connectivity index (χ0n) is 23.3. The van der Waals surface area contributed by atoms with Gasteiger partial charge in [-0.25, -0.2) is 14.6 Å². The molecule has 0 atom stereocenters. The maximum absolute atomic E-state index is 13.5. The van der Waals surface area contributed by atoms with Gasteiger partial charge in [-0.05, 0) is 79.8 Å². The van der Waals surface area contributed by atoms with E-state index in [-0.39, 0.29) is 23.7 Å². The van der Waals surface area contributed by atoms with Crippen LogP contribution in [0.1, 0.15) is 39.9 Å².